The molecule has 0 aromatic heterocycles. The van der Waals surface area contributed by atoms with Gasteiger partial charge in [-0.05, 0) is 85.2 Å². The van der Waals surface area contributed by atoms with E-state index >= 15 is 4.39 Å². The van der Waals surface area contributed by atoms with E-state index in [-0.39, 0.29) is 11.2 Å². The van der Waals surface area contributed by atoms with Gasteiger partial charge < -0.3 is 15.2 Å². The van der Waals surface area contributed by atoms with Crippen molar-refractivity contribution in [3.05, 3.63) is 52.3 Å². The van der Waals surface area contributed by atoms with Crippen molar-refractivity contribution >= 4 is 6.09 Å². The predicted molar refractivity (Wildman–Crippen MR) is 113 cm³/mol. The largest absolute Gasteiger partial charge is 0.493 e. The highest BCUT2D eigenvalue weighted by Gasteiger charge is 2.39. The molecule has 1 atom stereocenters. The predicted octanol–water partition coefficient (Wildman–Crippen LogP) is 6.01. The molecule has 2 aromatic rings. The van der Waals surface area contributed by atoms with Crippen LogP contribution in [0.15, 0.2) is 24.3 Å². The van der Waals surface area contributed by atoms with Crippen LogP contribution in [0.25, 0.3) is 11.1 Å². The number of hydrogen-bond donors (Lipinski definition) is 1. The van der Waals surface area contributed by atoms with Gasteiger partial charge in [-0.3, -0.25) is 0 Å². The van der Waals surface area contributed by atoms with E-state index in [0.29, 0.717) is 17.7 Å². The normalized spacial score (nSPS) is 17.5. The number of fused-ring (bicyclic) bond motifs is 1. The molecule has 1 amide bonds. The Morgan fingerprint density at radius 3 is 2.45 bits per heavy atom. The molecule has 2 N–H and O–H groups in total. The van der Waals surface area contributed by atoms with Crippen LogP contribution < -0.4 is 10.5 Å². The molecule has 3 rings (SSSR count). The van der Waals surface area contributed by atoms with Gasteiger partial charge in [-0.15, -0.1) is 0 Å². The fourth-order valence-electron chi connectivity index (χ4n) is 4.20. The van der Waals surface area contributed by atoms with Gasteiger partial charge in [0.1, 0.15) is 17.7 Å². The Labute approximate surface area is 172 Å². The number of rotatable bonds is 5. The molecule has 1 aliphatic rings. The van der Waals surface area contributed by atoms with Gasteiger partial charge in [-0.2, -0.15) is 0 Å². The zero-order valence-corrected chi connectivity index (χ0v) is 17.9. The molecular formula is C24H30FNO3. The molecule has 5 heteroatoms. The molecule has 0 saturated carbocycles. The molecule has 0 aliphatic heterocycles. The number of hydrogen-bond acceptors (Lipinski definition) is 3. The van der Waals surface area contributed by atoms with E-state index < -0.39 is 12.2 Å². The summed E-state index contributed by atoms with van der Waals surface area (Å²) >= 11 is 0. The minimum atomic E-state index is -0.839. The molecule has 156 valence electrons. The number of halogens is 1. The van der Waals surface area contributed by atoms with E-state index in [2.05, 4.69) is 6.92 Å². The van der Waals surface area contributed by atoms with E-state index in [1.807, 2.05) is 45.9 Å². The van der Waals surface area contributed by atoms with Gasteiger partial charge >= 0.3 is 6.09 Å². The molecule has 29 heavy (non-hydrogen) atoms. The van der Waals surface area contributed by atoms with E-state index in [9.17, 15) is 4.79 Å². The summed E-state index contributed by atoms with van der Waals surface area (Å²) in [6, 6.07) is 7.32. The van der Waals surface area contributed by atoms with E-state index in [1.165, 1.54) is 6.07 Å². The van der Waals surface area contributed by atoms with Crippen molar-refractivity contribution in [2.45, 2.75) is 60.0 Å². The van der Waals surface area contributed by atoms with Crippen LogP contribution in [-0.4, -0.2) is 12.7 Å². The summed E-state index contributed by atoms with van der Waals surface area (Å²) in [6.45, 7) is 10.7. The maximum absolute atomic E-state index is 15.2. The van der Waals surface area contributed by atoms with Crippen LogP contribution >= 0.6 is 0 Å². The third-order valence-corrected chi connectivity index (χ3v) is 5.72. The molecule has 0 bridgehead atoms. The van der Waals surface area contributed by atoms with Gasteiger partial charge in [0, 0.05) is 11.0 Å². The lowest BCUT2D eigenvalue weighted by Gasteiger charge is -2.39. The Morgan fingerprint density at radius 2 is 1.86 bits per heavy atom. The van der Waals surface area contributed by atoms with Gasteiger partial charge in [0.2, 0.25) is 0 Å². The number of carbonyl (C=O) groups excluding carboxylic acids is 1. The fourth-order valence-corrected chi connectivity index (χ4v) is 4.20. The zero-order chi connectivity index (χ0) is 21.3. The second-order valence-corrected chi connectivity index (χ2v) is 8.62. The maximum Gasteiger partial charge on any atom is 0.405 e. The Bertz CT molecular complexity index is 913. The van der Waals surface area contributed by atoms with Crippen molar-refractivity contribution in [1.82, 2.24) is 0 Å². The standard InChI is InChI=1S/C24H30FNO3/c1-6-9-28-21-14(2)10-17(11-15(21)3)18-12-16-7-8-24(4,5)22(29-23(26)27)19(16)13-20(18)25/h10-13,22H,6-9H2,1-5H3,(H2,26,27)/t22-/m0/s1. The first-order valence-electron chi connectivity index (χ1n) is 10.2. The highest BCUT2D eigenvalue weighted by Crippen LogP contribution is 2.47. The molecule has 4 nitrogen and oxygen atoms in total. The van der Waals surface area contributed by atoms with Crippen molar-refractivity contribution < 1.29 is 18.7 Å². The number of aryl methyl sites for hydroxylation is 3. The van der Waals surface area contributed by atoms with Crippen LogP contribution in [0.2, 0.25) is 0 Å². The minimum Gasteiger partial charge on any atom is -0.493 e. The smallest absolute Gasteiger partial charge is 0.405 e. The molecule has 0 radical (unpaired) electrons. The summed E-state index contributed by atoms with van der Waals surface area (Å²) in [6.07, 6.45) is 1.16. The highest BCUT2D eigenvalue weighted by atomic mass is 19.1. The van der Waals surface area contributed by atoms with E-state index in [1.54, 1.807) is 0 Å². The first-order valence-corrected chi connectivity index (χ1v) is 10.2. The van der Waals surface area contributed by atoms with Gasteiger partial charge in [0.05, 0.1) is 6.61 Å². The molecule has 0 heterocycles. The number of primary amides is 1. The number of amides is 1. The summed E-state index contributed by atoms with van der Waals surface area (Å²) in [7, 11) is 0. The van der Waals surface area contributed by atoms with Crippen LogP contribution in [0.3, 0.4) is 0 Å². The third-order valence-electron chi connectivity index (χ3n) is 5.72. The Morgan fingerprint density at radius 1 is 1.21 bits per heavy atom. The Hall–Kier alpha value is -2.56. The molecule has 1 aliphatic carbocycles. The maximum atomic E-state index is 15.2. The highest BCUT2D eigenvalue weighted by molar-refractivity contribution is 5.70. The number of nitrogens with two attached hydrogens (primary N) is 1. The lowest BCUT2D eigenvalue weighted by molar-refractivity contribution is 0.0145. The van der Waals surface area contributed by atoms with Gasteiger partial charge in [0.15, 0.2) is 0 Å². The van der Waals surface area contributed by atoms with Crippen LogP contribution in [0.5, 0.6) is 5.75 Å². The quantitative estimate of drug-likeness (QED) is 0.670. The van der Waals surface area contributed by atoms with E-state index in [0.717, 1.165) is 47.3 Å². The van der Waals surface area contributed by atoms with Gasteiger partial charge in [-0.25, -0.2) is 9.18 Å². The number of carbonyl (C=O) groups is 1. The molecule has 2 aromatic carbocycles. The number of benzene rings is 2. The molecular weight excluding hydrogens is 369 g/mol. The first-order chi connectivity index (χ1) is 13.6. The summed E-state index contributed by atoms with van der Waals surface area (Å²) in [4.78, 5) is 11.4. The van der Waals surface area contributed by atoms with Crippen molar-refractivity contribution in [3.8, 4) is 16.9 Å². The molecule has 0 unspecified atom stereocenters. The van der Waals surface area contributed by atoms with Crippen molar-refractivity contribution in [2.24, 2.45) is 11.1 Å². The van der Waals surface area contributed by atoms with Gasteiger partial charge in [0.25, 0.3) is 0 Å². The third kappa shape index (κ3) is 4.24. The van der Waals surface area contributed by atoms with Crippen LogP contribution in [0.4, 0.5) is 9.18 Å². The zero-order valence-electron chi connectivity index (χ0n) is 17.9. The first kappa shape index (κ1) is 21.2. The number of ether oxygens (including phenoxy) is 2. The average molecular weight is 400 g/mol. The monoisotopic (exact) mass is 399 g/mol. The van der Waals surface area contributed by atoms with Crippen LogP contribution in [0.1, 0.15) is 62.0 Å². The minimum absolute atomic E-state index is 0.304. The lowest BCUT2D eigenvalue weighted by Crippen LogP contribution is -2.33. The fraction of sp³-hybridized carbons (Fsp3) is 0.458. The summed E-state index contributed by atoms with van der Waals surface area (Å²) in [5.74, 6) is 0.534. The SMILES string of the molecule is CCCOc1c(C)cc(-c2cc3c(cc2F)[C@H](OC(N)=O)C(C)(C)CC3)cc1C. The molecule has 0 fully saturated rings. The van der Waals surface area contributed by atoms with E-state index in [4.69, 9.17) is 15.2 Å². The van der Waals surface area contributed by atoms with Crippen LogP contribution in [0, 0.1) is 25.1 Å². The second kappa shape index (κ2) is 8.05. The summed E-state index contributed by atoms with van der Waals surface area (Å²) < 4.78 is 26.4. The topological polar surface area (TPSA) is 61.6 Å². The summed E-state index contributed by atoms with van der Waals surface area (Å²) in [5, 5.41) is 0. The van der Waals surface area contributed by atoms with Crippen molar-refractivity contribution in [2.75, 3.05) is 6.61 Å². The molecule has 0 spiro atoms. The Balaban J connectivity index is 2.05. The summed E-state index contributed by atoms with van der Waals surface area (Å²) in [5.41, 5.74) is 10.0. The van der Waals surface area contributed by atoms with Crippen molar-refractivity contribution in [3.63, 3.8) is 0 Å². The Kier molecular flexibility index (Phi) is 5.87. The van der Waals surface area contributed by atoms with Gasteiger partial charge in [-0.1, -0.05) is 20.8 Å². The lowest BCUT2D eigenvalue weighted by atomic mass is 9.71. The average Bonchev–Trinajstić information content (AvgIpc) is 2.63. The van der Waals surface area contributed by atoms with Crippen LogP contribution in [-0.2, 0) is 11.2 Å². The molecule has 0 saturated heterocycles. The second-order valence-electron chi connectivity index (χ2n) is 8.62. The van der Waals surface area contributed by atoms with Crippen molar-refractivity contribution in [1.29, 1.82) is 0 Å².